The van der Waals surface area contributed by atoms with Crippen LogP contribution in [0.1, 0.15) is 20.8 Å². The molecule has 82 valence electrons. The van der Waals surface area contributed by atoms with Crippen molar-refractivity contribution in [3.63, 3.8) is 0 Å². The second-order valence-electron chi connectivity index (χ2n) is 3.65. The van der Waals surface area contributed by atoms with Gasteiger partial charge in [-0.25, -0.2) is 0 Å². The number of aromatic nitrogens is 1. The summed E-state index contributed by atoms with van der Waals surface area (Å²) in [6.07, 6.45) is 0.789. The van der Waals surface area contributed by atoms with Crippen molar-refractivity contribution in [2.75, 3.05) is 6.54 Å². The van der Waals surface area contributed by atoms with Gasteiger partial charge in [0.15, 0.2) is 5.78 Å². The monoisotopic (exact) mass is 216 g/mol. The second-order valence-corrected chi connectivity index (χ2v) is 3.65. The minimum atomic E-state index is -0.105. The van der Waals surface area contributed by atoms with Crippen molar-refractivity contribution in [3.05, 3.63) is 35.5 Å². The lowest BCUT2D eigenvalue weighted by Crippen LogP contribution is -2.16. The first-order chi connectivity index (χ1) is 7.67. The maximum atomic E-state index is 11.5. The molecule has 0 radical (unpaired) electrons. The third-order valence-electron chi connectivity index (χ3n) is 2.67. The summed E-state index contributed by atoms with van der Waals surface area (Å²) in [5.74, 6) is -0.105. The van der Waals surface area contributed by atoms with E-state index in [1.54, 1.807) is 22.8 Å². The minimum Gasteiger partial charge on any atom is -0.341 e. The maximum absolute atomic E-state index is 11.5. The predicted molar refractivity (Wildman–Crippen MR) is 61.7 cm³/mol. The summed E-state index contributed by atoms with van der Waals surface area (Å²) in [7, 11) is 1.81. The summed E-state index contributed by atoms with van der Waals surface area (Å²) in [6.45, 7) is -0.00923. The molecule has 0 bridgehead atoms. The van der Waals surface area contributed by atoms with Crippen LogP contribution < -0.4 is 5.73 Å². The number of carbonyl (C=O) groups is 2. The molecular weight excluding hydrogens is 204 g/mol. The summed E-state index contributed by atoms with van der Waals surface area (Å²) < 4.78 is 1.79. The molecule has 0 atom stereocenters. The van der Waals surface area contributed by atoms with Crippen LogP contribution in [-0.2, 0) is 7.05 Å². The number of Topliss-reactive ketones (excluding diaryl/α,β-unsaturated/α-hetero) is 1. The van der Waals surface area contributed by atoms with E-state index in [0.717, 1.165) is 17.2 Å². The average Bonchev–Trinajstić information content (AvgIpc) is 2.65. The zero-order valence-corrected chi connectivity index (χ0v) is 8.93. The van der Waals surface area contributed by atoms with E-state index in [4.69, 9.17) is 5.73 Å². The van der Waals surface area contributed by atoms with Gasteiger partial charge in [0.1, 0.15) is 6.29 Å². The highest BCUT2D eigenvalue weighted by Crippen LogP contribution is 2.19. The van der Waals surface area contributed by atoms with Crippen LogP contribution >= 0.6 is 0 Å². The SMILES string of the molecule is Cn1c(C(=O)CN)cc2cc(C=O)ccc21. The third kappa shape index (κ3) is 1.53. The standard InChI is InChI=1S/C12H12N2O2/c1-14-10-3-2-8(7-15)4-9(10)5-11(14)12(16)6-13/h2-5,7H,6,13H2,1H3. The fourth-order valence-electron chi connectivity index (χ4n) is 1.81. The van der Waals surface area contributed by atoms with Crippen LogP contribution in [0.2, 0.25) is 0 Å². The quantitative estimate of drug-likeness (QED) is 0.618. The normalized spacial score (nSPS) is 10.6. The van der Waals surface area contributed by atoms with E-state index in [9.17, 15) is 9.59 Å². The van der Waals surface area contributed by atoms with Gasteiger partial charge < -0.3 is 10.3 Å². The molecule has 0 spiro atoms. The Morgan fingerprint density at radius 3 is 2.81 bits per heavy atom. The van der Waals surface area contributed by atoms with Gasteiger partial charge in [-0.15, -0.1) is 0 Å². The predicted octanol–water partition coefficient (Wildman–Crippen LogP) is 1.13. The molecule has 0 fully saturated rings. The lowest BCUT2D eigenvalue weighted by Gasteiger charge is -2.01. The first kappa shape index (κ1) is 10.6. The van der Waals surface area contributed by atoms with Crippen molar-refractivity contribution in [2.24, 2.45) is 12.8 Å². The number of fused-ring (bicyclic) bond motifs is 1. The van der Waals surface area contributed by atoms with Crippen molar-refractivity contribution < 1.29 is 9.59 Å². The van der Waals surface area contributed by atoms with Gasteiger partial charge in [0.05, 0.1) is 12.2 Å². The summed E-state index contributed by atoms with van der Waals surface area (Å²) >= 11 is 0. The largest absolute Gasteiger partial charge is 0.341 e. The minimum absolute atomic E-state index is 0.00923. The molecule has 0 aliphatic rings. The van der Waals surface area contributed by atoms with Gasteiger partial charge in [-0.05, 0) is 24.3 Å². The Kier molecular flexibility index (Phi) is 2.58. The first-order valence-corrected chi connectivity index (χ1v) is 4.95. The van der Waals surface area contributed by atoms with Crippen molar-refractivity contribution in [1.82, 2.24) is 4.57 Å². The summed E-state index contributed by atoms with van der Waals surface area (Å²) in [4.78, 5) is 22.2. The van der Waals surface area contributed by atoms with Crippen molar-refractivity contribution in [3.8, 4) is 0 Å². The third-order valence-corrected chi connectivity index (χ3v) is 2.67. The number of nitrogens with two attached hydrogens (primary N) is 1. The molecule has 4 nitrogen and oxygen atoms in total. The molecule has 0 saturated carbocycles. The molecule has 16 heavy (non-hydrogen) atoms. The first-order valence-electron chi connectivity index (χ1n) is 4.95. The molecular formula is C12H12N2O2. The fraction of sp³-hybridized carbons (Fsp3) is 0.167. The van der Waals surface area contributed by atoms with Crippen LogP contribution in [0, 0.1) is 0 Å². The number of nitrogens with zero attached hydrogens (tertiary/aromatic N) is 1. The molecule has 2 N–H and O–H groups in total. The highest BCUT2D eigenvalue weighted by atomic mass is 16.1. The molecule has 0 amide bonds. The van der Waals surface area contributed by atoms with E-state index in [1.807, 2.05) is 13.1 Å². The number of ketones is 1. The Labute approximate surface area is 92.7 Å². The Morgan fingerprint density at radius 1 is 1.44 bits per heavy atom. The number of hydrogen-bond acceptors (Lipinski definition) is 3. The van der Waals surface area contributed by atoms with E-state index in [1.165, 1.54) is 0 Å². The second kappa shape index (κ2) is 3.90. The number of aldehydes is 1. The van der Waals surface area contributed by atoms with E-state index in [-0.39, 0.29) is 12.3 Å². The van der Waals surface area contributed by atoms with E-state index in [2.05, 4.69) is 0 Å². The Bertz CT molecular complexity index is 570. The molecule has 2 rings (SSSR count). The zero-order chi connectivity index (χ0) is 11.7. The summed E-state index contributed by atoms with van der Waals surface area (Å²) in [5, 5.41) is 0.879. The molecule has 1 heterocycles. The van der Waals surface area contributed by atoms with Crippen molar-refractivity contribution >= 4 is 23.0 Å². The molecule has 1 aromatic carbocycles. The average molecular weight is 216 g/mol. The van der Waals surface area contributed by atoms with Crippen molar-refractivity contribution in [2.45, 2.75) is 0 Å². The molecule has 0 saturated heterocycles. The molecule has 0 unspecified atom stereocenters. The Balaban J connectivity index is 2.67. The smallest absolute Gasteiger partial charge is 0.192 e. The molecule has 1 aromatic heterocycles. The fourth-order valence-corrected chi connectivity index (χ4v) is 1.81. The van der Waals surface area contributed by atoms with Gasteiger partial charge in [0.2, 0.25) is 0 Å². The van der Waals surface area contributed by atoms with Crippen LogP contribution in [0.15, 0.2) is 24.3 Å². The number of aryl methyl sites for hydroxylation is 1. The highest BCUT2D eigenvalue weighted by molar-refractivity contribution is 6.01. The van der Waals surface area contributed by atoms with Gasteiger partial charge in [-0.1, -0.05) is 0 Å². The molecule has 0 aliphatic heterocycles. The highest BCUT2D eigenvalue weighted by Gasteiger charge is 2.11. The van der Waals surface area contributed by atoms with Crippen LogP contribution in [0.25, 0.3) is 10.9 Å². The number of carbonyl (C=O) groups excluding carboxylic acids is 2. The lowest BCUT2D eigenvalue weighted by molar-refractivity contribution is 0.0993. The van der Waals surface area contributed by atoms with Gasteiger partial charge in [-0.3, -0.25) is 9.59 Å². The topological polar surface area (TPSA) is 65.1 Å². The molecule has 0 aliphatic carbocycles. The Morgan fingerprint density at radius 2 is 2.19 bits per heavy atom. The van der Waals surface area contributed by atoms with Crippen LogP contribution in [0.4, 0.5) is 0 Å². The van der Waals surface area contributed by atoms with Crippen LogP contribution in [-0.4, -0.2) is 23.2 Å². The van der Waals surface area contributed by atoms with Gasteiger partial charge in [-0.2, -0.15) is 0 Å². The lowest BCUT2D eigenvalue weighted by atomic mass is 10.1. The van der Waals surface area contributed by atoms with E-state index < -0.39 is 0 Å². The zero-order valence-electron chi connectivity index (χ0n) is 8.93. The summed E-state index contributed by atoms with van der Waals surface area (Å²) in [5.41, 5.74) is 7.42. The molecule has 4 heteroatoms. The Hall–Kier alpha value is -1.94. The van der Waals surface area contributed by atoms with E-state index >= 15 is 0 Å². The number of rotatable bonds is 3. The molecule has 2 aromatic rings. The van der Waals surface area contributed by atoms with Crippen molar-refractivity contribution in [1.29, 1.82) is 0 Å². The van der Waals surface area contributed by atoms with Gasteiger partial charge in [0.25, 0.3) is 0 Å². The summed E-state index contributed by atoms with van der Waals surface area (Å²) in [6, 6.07) is 7.07. The van der Waals surface area contributed by atoms with E-state index in [0.29, 0.717) is 11.3 Å². The van der Waals surface area contributed by atoms with Gasteiger partial charge >= 0.3 is 0 Å². The van der Waals surface area contributed by atoms with Crippen LogP contribution in [0.3, 0.4) is 0 Å². The maximum Gasteiger partial charge on any atom is 0.192 e. The number of hydrogen-bond donors (Lipinski definition) is 1. The number of benzene rings is 1. The van der Waals surface area contributed by atoms with Crippen LogP contribution in [0.5, 0.6) is 0 Å². The van der Waals surface area contributed by atoms with Gasteiger partial charge in [0, 0.05) is 23.5 Å².